The van der Waals surface area contributed by atoms with E-state index in [0.717, 1.165) is 29.9 Å². The second kappa shape index (κ2) is 21.5. The van der Waals surface area contributed by atoms with Gasteiger partial charge in [-0.15, -0.1) is 11.3 Å². The second-order valence-electron chi connectivity index (χ2n) is 9.16. The smallest absolute Gasteiger partial charge is 0.331 e. The number of carbonyl (C=O) groups is 2. The van der Waals surface area contributed by atoms with Gasteiger partial charge in [-0.25, -0.2) is 14.4 Å². The number of rotatable bonds is 21. The highest BCUT2D eigenvalue weighted by Gasteiger charge is 2.15. The van der Waals surface area contributed by atoms with Gasteiger partial charge in [-0.1, -0.05) is 0 Å². The van der Waals surface area contributed by atoms with Gasteiger partial charge in [0.1, 0.15) is 17.7 Å². The fourth-order valence-electron chi connectivity index (χ4n) is 3.70. The Morgan fingerprint density at radius 2 is 1.56 bits per heavy atom. The largest absolute Gasteiger partial charge is 0.466 e. The van der Waals surface area contributed by atoms with Crippen molar-refractivity contribution in [2.45, 2.75) is 20.8 Å². The molecule has 1 heterocycles. The van der Waals surface area contributed by atoms with Gasteiger partial charge in [0.2, 0.25) is 5.69 Å². The summed E-state index contributed by atoms with van der Waals surface area (Å²) in [5.41, 5.74) is 3.71. The van der Waals surface area contributed by atoms with Crippen LogP contribution in [0, 0.1) is 31.8 Å². The number of nitriles is 1. The van der Waals surface area contributed by atoms with E-state index in [1.54, 1.807) is 6.92 Å². The van der Waals surface area contributed by atoms with Crippen molar-refractivity contribution in [3.8, 4) is 6.07 Å². The lowest BCUT2D eigenvalue weighted by Crippen LogP contribution is -2.27. The van der Waals surface area contributed by atoms with Crippen molar-refractivity contribution in [1.29, 1.82) is 5.26 Å². The van der Waals surface area contributed by atoms with E-state index in [4.69, 9.17) is 30.3 Å². The van der Waals surface area contributed by atoms with E-state index < -0.39 is 11.9 Å². The predicted molar refractivity (Wildman–Crippen MR) is 169 cm³/mol. The molecule has 0 atom stereocenters. The first kappa shape index (κ1) is 37.0. The number of nitrogens with zero attached hydrogens (tertiary/aromatic N) is 5. The van der Waals surface area contributed by atoms with Gasteiger partial charge in [0.15, 0.2) is 0 Å². The Kier molecular flexibility index (Phi) is 17.7. The van der Waals surface area contributed by atoms with E-state index in [9.17, 15) is 14.9 Å². The first-order valence-corrected chi connectivity index (χ1v) is 15.1. The third kappa shape index (κ3) is 13.6. The molecule has 0 aliphatic heterocycles. The van der Waals surface area contributed by atoms with Crippen molar-refractivity contribution in [3.63, 3.8) is 0 Å². The van der Waals surface area contributed by atoms with Crippen LogP contribution < -0.4 is 4.90 Å². The molecule has 0 unspecified atom stereocenters. The van der Waals surface area contributed by atoms with Crippen LogP contribution in [-0.4, -0.2) is 91.6 Å². The quantitative estimate of drug-likeness (QED) is 0.0573. The Balaban J connectivity index is 1.56. The van der Waals surface area contributed by atoms with E-state index in [1.807, 2.05) is 25.1 Å². The molecule has 2 rings (SSSR count). The summed E-state index contributed by atoms with van der Waals surface area (Å²) in [6.45, 7) is 18.0. The summed E-state index contributed by atoms with van der Waals surface area (Å²) < 4.78 is 31.3. The Labute approximate surface area is 267 Å². The van der Waals surface area contributed by atoms with Crippen molar-refractivity contribution >= 4 is 45.3 Å². The van der Waals surface area contributed by atoms with Gasteiger partial charge in [-0.3, -0.25) is 0 Å². The van der Waals surface area contributed by atoms with Crippen molar-refractivity contribution in [2.24, 2.45) is 10.2 Å². The maximum absolute atomic E-state index is 11.3. The summed E-state index contributed by atoms with van der Waals surface area (Å²) in [7, 11) is 1.22. The first-order chi connectivity index (χ1) is 21.8. The number of thiophene rings is 1. The number of esters is 2. The van der Waals surface area contributed by atoms with Crippen LogP contribution in [0.5, 0.6) is 0 Å². The highest BCUT2D eigenvalue weighted by Crippen LogP contribution is 2.42. The molecular weight excluding hydrogens is 602 g/mol. The molecule has 1 aromatic carbocycles. The molecule has 0 spiro atoms. The van der Waals surface area contributed by atoms with Gasteiger partial charge < -0.3 is 33.3 Å². The summed E-state index contributed by atoms with van der Waals surface area (Å²) in [4.78, 5) is 28.4. The van der Waals surface area contributed by atoms with Crippen LogP contribution in [0.3, 0.4) is 0 Å². The van der Waals surface area contributed by atoms with Crippen molar-refractivity contribution in [3.05, 3.63) is 57.8 Å². The number of carbonyl (C=O) groups excluding carboxylic acids is 2. The zero-order valence-electron chi connectivity index (χ0n) is 26.1. The molecule has 0 aliphatic carbocycles. The maximum atomic E-state index is 11.3. The van der Waals surface area contributed by atoms with E-state index >= 15 is 0 Å². The standard InChI is InChI=1S/C31H39N5O8S/c1-6-36(25-7-8-26(23(2)21-25)34-35-31-30(33-4)24(3)27(22-32)45-31)11-12-40-13-14-41-15-16-42-17-18-43-19-20-44-29(38)10-9-28(37)39-5/h7-10,21H,6,11-20H2,1-3,5H3/b10-9-,35-34?. The van der Waals surface area contributed by atoms with Crippen LogP contribution in [0.25, 0.3) is 4.85 Å². The van der Waals surface area contributed by atoms with Crippen molar-refractivity contribution in [2.75, 3.05) is 84.6 Å². The number of anilines is 1. The maximum Gasteiger partial charge on any atom is 0.331 e. The monoisotopic (exact) mass is 641 g/mol. The lowest BCUT2D eigenvalue weighted by Gasteiger charge is -2.23. The van der Waals surface area contributed by atoms with E-state index in [1.165, 1.54) is 18.4 Å². The number of hydrogen-bond acceptors (Lipinski definition) is 13. The molecule has 0 amide bonds. The Morgan fingerprint density at radius 1 is 0.956 bits per heavy atom. The molecule has 0 radical (unpaired) electrons. The topological polar surface area (TPSA) is 146 Å². The van der Waals surface area contributed by atoms with Gasteiger partial charge in [0.25, 0.3) is 0 Å². The molecule has 0 N–H and O–H groups in total. The molecule has 45 heavy (non-hydrogen) atoms. The number of benzene rings is 1. The third-order valence-electron chi connectivity index (χ3n) is 6.14. The summed E-state index contributed by atoms with van der Waals surface area (Å²) in [6.07, 6.45) is 1.98. The molecular formula is C31H39N5O8S. The molecule has 13 nitrogen and oxygen atoms in total. The zero-order valence-corrected chi connectivity index (χ0v) is 26.9. The summed E-state index contributed by atoms with van der Waals surface area (Å²) in [5.74, 6) is -1.28. The number of hydrogen-bond donors (Lipinski definition) is 0. The molecule has 0 bridgehead atoms. The normalized spacial score (nSPS) is 11.1. The molecule has 14 heteroatoms. The number of aryl methyl sites for hydroxylation is 1. The minimum atomic E-state index is -0.648. The van der Waals surface area contributed by atoms with Gasteiger partial charge in [0.05, 0.1) is 77.1 Å². The van der Waals surface area contributed by atoms with Crippen molar-refractivity contribution in [1.82, 2.24) is 0 Å². The first-order valence-electron chi connectivity index (χ1n) is 14.3. The average molecular weight is 642 g/mol. The summed E-state index contributed by atoms with van der Waals surface area (Å²) in [6, 6.07) is 8.03. The van der Waals surface area contributed by atoms with E-state index in [2.05, 4.69) is 37.7 Å². The minimum Gasteiger partial charge on any atom is -0.466 e. The van der Waals surface area contributed by atoms with Gasteiger partial charge in [-0.05, 0) is 50.1 Å². The second-order valence-corrected chi connectivity index (χ2v) is 10.2. The minimum absolute atomic E-state index is 0.0664. The molecule has 0 saturated carbocycles. The summed E-state index contributed by atoms with van der Waals surface area (Å²) >= 11 is 1.17. The highest BCUT2D eigenvalue weighted by molar-refractivity contribution is 7.17. The molecule has 0 saturated heterocycles. The molecule has 0 fully saturated rings. The van der Waals surface area contributed by atoms with E-state index in [-0.39, 0.29) is 13.2 Å². The third-order valence-corrected chi connectivity index (χ3v) is 7.21. The average Bonchev–Trinajstić information content (AvgIpc) is 3.36. The van der Waals surface area contributed by atoms with Crippen LogP contribution >= 0.6 is 11.3 Å². The molecule has 0 aliphatic rings. The highest BCUT2D eigenvalue weighted by atomic mass is 32.1. The zero-order chi connectivity index (χ0) is 32.9. The number of likely N-dealkylation sites (N-methyl/N-ethyl adjacent to an activating group) is 1. The van der Waals surface area contributed by atoms with Gasteiger partial charge in [0, 0.05) is 30.9 Å². The Bertz CT molecular complexity index is 1380. The van der Waals surface area contributed by atoms with Crippen LogP contribution in [-0.2, 0) is 38.0 Å². The molecule has 2 aromatic rings. The lowest BCUT2D eigenvalue weighted by molar-refractivity contribution is -0.140. The number of methoxy groups -OCH3 is 1. The van der Waals surface area contributed by atoms with Crippen LogP contribution in [0.2, 0.25) is 0 Å². The van der Waals surface area contributed by atoms with Crippen LogP contribution in [0.15, 0.2) is 40.6 Å². The SMILES string of the molecule is [C-]#[N+]c1c(N=Nc2ccc(N(CC)CCOCCOCCOCCOCCOC(=O)/C=C\C(=O)OC)cc2C)sc(C#N)c1C. The molecule has 242 valence electrons. The van der Waals surface area contributed by atoms with E-state index in [0.29, 0.717) is 79.6 Å². The number of ether oxygens (including phenoxy) is 6. The summed E-state index contributed by atoms with van der Waals surface area (Å²) in [5, 5.41) is 18.3. The van der Waals surface area contributed by atoms with Gasteiger partial charge >= 0.3 is 11.9 Å². The molecule has 1 aromatic heterocycles. The fourth-order valence-corrected chi connectivity index (χ4v) is 4.57. The Hall–Kier alpha value is -4.18. The van der Waals surface area contributed by atoms with Crippen LogP contribution in [0.1, 0.15) is 22.9 Å². The lowest BCUT2D eigenvalue weighted by atomic mass is 10.1. The van der Waals surface area contributed by atoms with Crippen molar-refractivity contribution < 1.29 is 38.0 Å². The predicted octanol–water partition coefficient (Wildman–Crippen LogP) is 5.37. The van der Waals surface area contributed by atoms with Crippen LogP contribution in [0.4, 0.5) is 22.1 Å². The van der Waals surface area contributed by atoms with Gasteiger partial charge in [-0.2, -0.15) is 15.5 Å². The Morgan fingerprint density at radius 3 is 2.11 bits per heavy atom. The fraction of sp³-hybridized carbons (Fsp3) is 0.484. The number of azo groups is 1.